The Kier molecular flexibility index (Phi) is 5.86. The van der Waals surface area contributed by atoms with Crippen molar-refractivity contribution in [1.29, 1.82) is 0 Å². The summed E-state index contributed by atoms with van der Waals surface area (Å²) in [7, 11) is 0. The SMILES string of the molecule is O=[N+]([O-])c1ccc(NC(CCO)C2CCCCC2)c([N+](=O)[O-])c1. The van der Waals surface area contributed by atoms with Crippen LogP contribution in [0.4, 0.5) is 17.1 Å². The Hall–Kier alpha value is -2.22. The van der Waals surface area contributed by atoms with Gasteiger partial charge in [0.05, 0.1) is 15.9 Å². The van der Waals surface area contributed by atoms with Crippen LogP contribution in [0.25, 0.3) is 0 Å². The van der Waals surface area contributed by atoms with Gasteiger partial charge >= 0.3 is 0 Å². The maximum absolute atomic E-state index is 11.2. The molecule has 1 atom stereocenters. The van der Waals surface area contributed by atoms with E-state index in [0.29, 0.717) is 12.3 Å². The van der Waals surface area contributed by atoms with Crippen molar-refractivity contribution < 1.29 is 15.0 Å². The molecule has 0 spiro atoms. The molecular formula is C15H21N3O5. The van der Waals surface area contributed by atoms with Crippen LogP contribution in [0, 0.1) is 26.1 Å². The summed E-state index contributed by atoms with van der Waals surface area (Å²) >= 11 is 0. The predicted molar refractivity (Wildman–Crippen MR) is 85.4 cm³/mol. The first-order valence-electron chi connectivity index (χ1n) is 7.83. The smallest absolute Gasteiger partial charge is 0.299 e. The van der Waals surface area contributed by atoms with Crippen LogP contribution in [-0.4, -0.2) is 27.6 Å². The molecule has 2 rings (SSSR count). The minimum atomic E-state index is -0.650. The van der Waals surface area contributed by atoms with E-state index in [1.54, 1.807) is 0 Å². The zero-order chi connectivity index (χ0) is 16.8. The average Bonchev–Trinajstić information content (AvgIpc) is 2.55. The van der Waals surface area contributed by atoms with Gasteiger partial charge in [0.25, 0.3) is 11.4 Å². The van der Waals surface area contributed by atoms with Crippen LogP contribution >= 0.6 is 0 Å². The van der Waals surface area contributed by atoms with Crippen molar-refractivity contribution in [3.8, 4) is 0 Å². The lowest BCUT2D eigenvalue weighted by Crippen LogP contribution is -2.32. The van der Waals surface area contributed by atoms with Crippen LogP contribution in [0.5, 0.6) is 0 Å². The van der Waals surface area contributed by atoms with Crippen molar-refractivity contribution in [3.63, 3.8) is 0 Å². The number of aliphatic hydroxyl groups excluding tert-OH is 1. The molecule has 126 valence electrons. The molecule has 1 aromatic rings. The summed E-state index contributed by atoms with van der Waals surface area (Å²) in [5.74, 6) is 0.352. The van der Waals surface area contributed by atoms with Gasteiger partial charge in [-0.1, -0.05) is 19.3 Å². The summed E-state index contributed by atoms with van der Waals surface area (Å²) < 4.78 is 0. The van der Waals surface area contributed by atoms with Gasteiger partial charge in [0.2, 0.25) is 0 Å². The van der Waals surface area contributed by atoms with E-state index in [4.69, 9.17) is 0 Å². The minimum Gasteiger partial charge on any atom is -0.396 e. The summed E-state index contributed by atoms with van der Waals surface area (Å²) in [6.45, 7) is -0.00501. The molecule has 1 unspecified atom stereocenters. The fourth-order valence-corrected chi connectivity index (χ4v) is 3.21. The summed E-state index contributed by atoms with van der Waals surface area (Å²) in [6.07, 6.45) is 5.99. The summed E-state index contributed by atoms with van der Waals surface area (Å²) in [5.41, 5.74) is -0.346. The molecule has 1 aliphatic carbocycles. The minimum absolute atomic E-state index is 0.00501. The van der Waals surface area contributed by atoms with Gasteiger partial charge in [-0.3, -0.25) is 20.2 Å². The normalized spacial score (nSPS) is 16.7. The zero-order valence-corrected chi connectivity index (χ0v) is 12.8. The lowest BCUT2D eigenvalue weighted by molar-refractivity contribution is -0.393. The lowest BCUT2D eigenvalue weighted by atomic mass is 9.82. The summed E-state index contributed by atoms with van der Waals surface area (Å²) in [5, 5.41) is 34.4. The van der Waals surface area contributed by atoms with Gasteiger partial charge in [0, 0.05) is 18.7 Å². The standard InChI is InChI=1S/C15H21N3O5/c19-9-8-13(11-4-2-1-3-5-11)16-14-7-6-12(17(20)21)10-15(14)18(22)23/h6-7,10-11,13,16,19H,1-5,8-9H2. The van der Waals surface area contributed by atoms with Gasteiger partial charge in [-0.2, -0.15) is 0 Å². The monoisotopic (exact) mass is 323 g/mol. The zero-order valence-electron chi connectivity index (χ0n) is 12.8. The predicted octanol–water partition coefficient (Wildman–Crippen LogP) is 3.25. The van der Waals surface area contributed by atoms with Gasteiger partial charge in [-0.15, -0.1) is 0 Å². The van der Waals surface area contributed by atoms with Gasteiger partial charge in [0.15, 0.2) is 0 Å². The first kappa shape index (κ1) is 17.1. The number of hydrogen-bond acceptors (Lipinski definition) is 6. The van der Waals surface area contributed by atoms with E-state index in [-0.39, 0.29) is 29.7 Å². The molecular weight excluding hydrogens is 302 g/mol. The fraction of sp³-hybridized carbons (Fsp3) is 0.600. The Morgan fingerprint density at radius 2 is 1.87 bits per heavy atom. The molecule has 2 N–H and O–H groups in total. The van der Waals surface area contributed by atoms with E-state index in [2.05, 4.69) is 5.32 Å². The van der Waals surface area contributed by atoms with Crippen LogP contribution < -0.4 is 5.32 Å². The highest BCUT2D eigenvalue weighted by atomic mass is 16.6. The van der Waals surface area contributed by atoms with Crippen LogP contribution in [0.1, 0.15) is 38.5 Å². The number of aliphatic hydroxyl groups is 1. The van der Waals surface area contributed by atoms with Crippen LogP contribution in [0.3, 0.4) is 0 Å². The topological polar surface area (TPSA) is 119 Å². The van der Waals surface area contributed by atoms with E-state index in [1.165, 1.54) is 18.6 Å². The van der Waals surface area contributed by atoms with E-state index < -0.39 is 9.85 Å². The van der Waals surface area contributed by atoms with Crippen LogP contribution in [0.15, 0.2) is 18.2 Å². The first-order chi connectivity index (χ1) is 11.0. The van der Waals surface area contributed by atoms with E-state index in [0.717, 1.165) is 31.7 Å². The number of nitrogens with zero attached hydrogens (tertiary/aromatic N) is 2. The third kappa shape index (κ3) is 4.38. The Morgan fingerprint density at radius 1 is 1.17 bits per heavy atom. The number of anilines is 1. The number of non-ortho nitro benzene ring substituents is 1. The van der Waals surface area contributed by atoms with Gasteiger partial charge in [-0.05, 0) is 31.2 Å². The van der Waals surface area contributed by atoms with Crippen LogP contribution in [-0.2, 0) is 0 Å². The molecule has 0 amide bonds. The molecule has 1 aliphatic rings. The highest BCUT2D eigenvalue weighted by molar-refractivity contribution is 5.65. The molecule has 1 saturated carbocycles. The van der Waals surface area contributed by atoms with Crippen molar-refractivity contribution in [3.05, 3.63) is 38.4 Å². The van der Waals surface area contributed by atoms with Crippen molar-refractivity contribution in [2.75, 3.05) is 11.9 Å². The van der Waals surface area contributed by atoms with Crippen molar-refractivity contribution in [2.45, 2.75) is 44.6 Å². The molecule has 0 bridgehead atoms. The number of nitrogens with one attached hydrogen (secondary N) is 1. The third-order valence-electron chi connectivity index (χ3n) is 4.39. The third-order valence-corrected chi connectivity index (χ3v) is 4.39. The highest BCUT2D eigenvalue weighted by Gasteiger charge is 2.26. The van der Waals surface area contributed by atoms with E-state index >= 15 is 0 Å². The van der Waals surface area contributed by atoms with Crippen molar-refractivity contribution in [2.24, 2.45) is 5.92 Å². The molecule has 8 heteroatoms. The first-order valence-corrected chi connectivity index (χ1v) is 7.83. The molecule has 23 heavy (non-hydrogen) atoms. The lowest BCUT2D eigenvalue weighted by Gasteiger charge is -2.31. The summed E-state index contributed by atoms with van der Waals surface area (Å²) in [4.78, 5) is 20.7. The van der Waals surface area contributed by atoms with Gasteiger partial charge in [-0.25, -0.2) is 0 Å². The summed E-state index contributed by atoms with van der Waals surface area (Å²) in [6, 6.07) is 3.54. The van der Waals surface area contributed by atoms with Crippen molar-refractivity contribution in [1.82, 2.24) is 0 Å². The van der Waals surface area contributed by atoms with Gasteiger partial charge < -0.3 is 10.4 Å². The molecule has 0 aliphatic heterocycles. The quantitative estimate of drug-likeness (QED) is 0.587. The molecule has 8 nitrogen and oxygen atoms in total. The second-order valence-electron chi connectivity index (χ2n) is 5.88. The average molecular weight is 323 g/mol. The fourth-order valence-electron chi connectivity index (χ4n) is 3.21. The number of nitro benzene ring substituents is 2. The number of rotatable bonds is 7. The Bertz CT molecular complexity index is 572. The second-order valence-corrected chi connectivity index (χ2v) is 5.88. The Morgan fingerprint density at radius 3 is 2.43 bits per heavy atom. The Balaban J connectivity index is 2.24. The highest BCUT2D eigenvalue weighted by Crippen LogP contribution is 2.34. The molecule has 1 aromatic carbocycles. The number of benzene rings is 1. The van der Waals surface area contributed by atoms with Gasteiger partial charge in [0.1, 0.15) is 5.69 Å². The Labute approximate surface area is 133 Å². The van der Waals surface area contributed by atoms with Crippen LogP contribution in [0.2, 0.25) is 0 Å². The number of hydrogen-bond donors (Lipinski definition) is 2. The molecule has 0 saturated heterocycles. The van der Waals surface area contributed by atoms with E-state index in [1.807, 2.05) is 0 Å². The molecule has 1 fully saturated rings. The van der Waals surface area contributed by atoms with Crippen molar-refractivity contribution >= 4 is 17.1 Å². The maximum Gasteiger partial charge on any atom is 0.299 e. The van der Waals surface area contributed by atoms with E-state index in [9.17, 15) is 25.3 Å². The molecule has 0 radical (unpaired) electrons. The molecule has 0 aromatic heterocycles. The molecule has 0 heterocycles. The second kappa shape index (κ2) is 7.87. The number of nitro groups is 2. The largest absolute Gasteiger partial charge is 0.396 e. The maximum atomic E-state index is 11.2.